The Labute approximate surface area is 170 Å². The van der Waals surface area contributed by atoms with Crippen molar-refractivity contribution >= 4 is 5.91 Å². The van der Waals surface area contributed by atoms with Gasteiger partial charge in [0.25, 0.3) is 5.91 Å². The number of piperazine rings is 1. The molecule has 0 saturated carbocycles. The Hall–Kier alpha value is -2.93. The Balaban J connectivity index is 1.45. The molecule has 1 aliphatic heterocycles. The summed E-state index contributed by atoms with van der Waals surface area (Å²) in [6, 6.07) is 7.79. The fraction of sp³-hybridized carbons (Fsp3) is 0.409. The molecule has 4 heterocycles. The van der Waals surface area contributed by atoms with Gasteiger partial charge in [0.15, 0.2) is 0 Å². The highest BCUT2D eigenvalue weighted by atomic mass is 16.5. The van der Waals surface area contributed by atoms with Gasteiger partial charge < -0.3 is 14.0 Å². The predicted octanol–water partition coefficient (Wildman–Crippen LogP) is 3.05. The molecule has 1 fully saturated rings. The van der Waals surface area contributed by atoms with Crippen LogP contribution < -0.4 is 0 Å². The Bertz CT molecular complexity index is 994. The molecule has 29 heavy (non-hydrogen) atoms. The molecule has 7 heteroatoms. The van der Waals surface area contributed by atoms with E-state index in [9.17, 15) is 4.79 Å². The average molecular weight is 393 g/mol. The zero-order chi connectivity index (χ0) is 20.5. The van der Waals surface area contributed by atoms with Crippen LogP contribution in [0.5, 0.6) is 0 Å². The Morgan fingerprint density at radius 3 is 2.48 bits per heavy atom. The third-order valence-electron chi connectivity index (χ3n) is 5.76. The smallest absolute Gasteiger partial charge is 0.255 e. The lowest BCUT2D eigenvalue weighted by molar-refractivity contribution is 0.0627. The molecular weight excluding hydrogens is 366 g/mol. The summed E-state index contributed by atoms with van der Waals surface area (Å²) in [7, 11) is 0. The summed E-state index contributed by atoms with van der Waals surface area (Å²) in [4.78, 5) is 21.9. The Morgan fingerprint density at radius 1 is 1.10 bits per heavy atom. The van der Waals surface area contributed by atoms with E-state index in [1.807, 2.05) is 61.4 Å². The number of hydrogen-bond donors (Lipinski definition) is 0. The van der Waals surface area contributed by atoms with E-state index >= 15 is 0 Å². The first-order valence-electron chi connectivity index (χ1n) is 9.99. The molecule has 3 aromatic heterocycles. The van der Waals surface area contributed by atoms with E-state index in [0.29, 0.717) is 0 Å². The van der Waals surface area contributed by atoms with Crippen LogP contribution in [0.25, 0.3) is 5.82 Å². The SMILES string of the molecule is Cc1noc(C)c1CN1CCN(C(=O)c2cc(C)n(-c3ccccn3)c2C)CC1. The number of amides is 1. The second-order valence-electron chi connectivity index (χ2n) is 7.68. The van der Waals surface area contributed by atoms with Gasteiger partial charge in [-0.15, -0.1) is 0 Å². The molecule has 0 aromatic carbocycles. The van der Waals surface area contributed by atoms with Gasteiger partial charge in [0.05, 0.1) is 11.3 Å². The third-order valence-corrected chi connectivity index (χ3v) is 5.76. The van der Waals surface area contributed by atoms with Gasteiger partial charge >= 0.3 is 0 Å². The number of hydrogen-bond acceptors (Lipinski definition) is 5. The molecule has 0 aliphatic carbocycles. The van der Waals surface area contributed by atoms with Crippen LogP contribution in [0, 0.1) is 27.7 Å². The number of aromatic nitrogens is 3. The van der Waals surface area contributed by atoms with E-state index in [4.69, 9.17) is 4.52 Å². The van der Waals surface area contributed by atoms with Crippen molar-refractivity contribution in [3.05, 3.63) is 64.4 Å². The van der Waals surface area contributed by atoms with Crippen LogP contribution >= 0.6 is 0 Å². The number of aryl methyl sites for hydroxylation is 3. The van der Waals surface area contributed by atoms with Gasteiger partial charge in [0.1, 0.15) is 11.6 Å². The summed E-state index contributed by atoms with van der Waals surface area (Å²) in [5, 5.41) is 4.04. The van der Waals surface area contributed by atoms with Crippen LogP contribution in [0.1, 0.15) is 38.8 Å². The number of rotatable bonds is 4. The Morgan fingerprint density at radius 2 is 1.86 bits per heavy atom. The minimum Gasteiger partial charge on any atom is -0.361 e. The average Bonchev–Trinajstić information content (AvgIpc) is 3.21. The van der Waals surface area contributed by atoms with Gasteiger partial charge in [0, 0.05) is 55.9 Å². The normalized spacial score (nSPS) is 15.1. The third kappa shape index (κ3) is 3.70. The fourth-order valence-electron chi connectivity index (χ4n) is 4.05. The van der Waals surface area contributed by atoms with E-state index < -0.39 is 0 Å². The monoisotopic (exact) mass is 393 g/mol. The summed E-state index contributed by atoms with van der Waals surface area (Å²) in [6.45, 7) is 11.9. The summed E-state index contributed by atoms with van der Waals surface area (Å²) in [5.41, 5.74) is 4.81. The molecule has 7 nitrogen and oxygen atoms in total. The summed E-state index contributed by atoms with van der Waals surface area (Å²) in [5.74, 6) is 1.81. The first kappa shape index (κ1) is 19.4. The quantitative estimate of drug-likeness (QED) is 0.682. The number of carbonyl (C=O) groups excluding carboxylic acids is 1. The maximum absolute atomic E-state index is 13.2. The molecule has 0 atom stereocenters. The number of nitrogens with zero attached hydrogens (tertiary/aromatic N) is 5. The van der Waals surface area contributed by atoms with E-state index in [2.05, 4.69) is 15.0 Å². The summed E-state index contributed by atoms with van der Waals surface area (Å²) in [6.07, 6.45) is 1.77. The van der Waals surface area contributed by atoms with Crippen molar-refractivity contribution in [1.29, 1.82) is 0 Å². The zero-order valence-corrected chi connectivity index (χ0v) is 17.5. The molecule has 3 aromatic rings. The highest BCUT2D eigenvalue weighted by molar-refractivity contribution is 5.96. The van der Waals surface area contributed by atoms with Gasteiger partial charge in [-0.05, 0) is 45.9 Å². The van der Waals surface area contributed by atoms with Crippen molar-refractivity contribution in [2.75, 3.05) is 26.2 Å². The first-order chi connectivity index (χ1) is 14.0. The van der Waals surface area contributed by atoms with Crippen LogP contribution in [-0.2, 0) is 6.54 Å². The van der Waals surface area contributed by atoms with Gasteiger partial charge in [-0.2, -0.15) is 0 Å². The van der Waals surface area contributed by atoms with Gasteiger partial charge in [-0.1, -0.05) is 11.2 Å². The molecular formula is C22H27N5O2. The molecule has 0 spiro atoms. The highest BCUT2D eigenvalue weighted by Crippen LogP contribution is 2.22. The van der Waals surface area contributed by atoms with Crippen molar-refractivity contribution in [3.63, 3.8) is 0 Å². The molecule has 0 N–H and O–H groups in total. The largest absolute Gasteiger partial charge is 0.361 e. The first-order valence-corrected chi connectivity index (χ1v) is 9.99. The lowest BCUT2D eigenvalue weighted by Crippen LogP contribution is -2.48. The second-order valence-corrected chi connectivity index (χ2v) is 7.68. The molecule has 0 radical (unpaired) electrons. The van der Waals surface area contributed by atoms with Crippen LogP contribution in [0.4, 0.5) is 0 Å². The van der Waals surface area contributed by atoms with Crippen LogP contribution in [0.3, 0.4) is 0 Å². The van der Waals surface area contributed by atoms with E-state index in [0.717, 1.165) is 72.5 Å². The highest BCUT2D eigenvalue weighted by Gasteiger charge is 2.26. The van der Waals surface area contributed by atoms with Crippen molar-refractivity contribution in [2.45, 2.75) is 34.2 Å². The zero-order valence-electron chi connectivity index (χ0n) is 17.5. The molecule has 0 unspecified atom stereocenters. The lowest BCUT2D eigenvalue weighted by Gasteiger charge is -2.34. The van der Waals surface area contributed by atoms with Gasteiger partial charge in [-0.25, -0.2) is 4.98 Å². The second kappa shape index (κ2) is 7.83. The summed E-state index contributed by atoms with van der Waals surface area (Å²) < 4.78 is 7.31. The molecule has 1 saturated heterocycles. The van der Waals surface area contributed by atoms with Crippen molar-refractivity contribution in [1.82, 2.24) is 24.5 Å². The Kier molecular flexibility index (Phi) is 5.24. The minimum absolute atomic E-state index is 0.0947. The molecule has 4 rings (SSSR count). The number of carbonyl (C=O) groups is 1. The lowest BCUT2D eigenvalue weighted by atomic mass is 10.1. The predicted molar refractivity (Wildman–Crippen MR) is 110 cm³/mol. The minimum atomic E-state index is 0.0947. The van der Waals surface area contributed by atoms with E-state index in [1.54, 1.807) is 6.20 Å². The molecule has 1 aliphatic rings. The van der Waals surface area contributed by atoms with Crippen LogP contribution in [0.15, 0.2) is 35.0 Å². The van der Waals surface area contributed by atoms with Crippen LogP contribution in [-0.4, -0.2) is 56.6 Å². The van der Waals surface area contributed by atoms with Crippen molar-refractivity contribution in [3.8, 4) is 5.82 Å². The van der Waals surface area contributed by atoms with Crippen molar-refractivity contribution < 1.29 is 9.32 Å². The topological polar surface area (TPSA) is 67.4 Å². The van der Waals surface area contributed by atoms with Crippen molar-refractivity contribution in [2.24, 2.45) is 0 Å². The van der Waals surface area contributed by atoms with E-state index in [-0.39, 0.29) is 5.91 Å². The molecule has 152 valence electrons. The maximum Gasteiger partial charge on any atom is 0.255 e. The van der Waals surface area contributed by atoms with Gasteiger partial charge in [0.2, 0.25) is 0 Å². The fourth-order valence-corrected chi connectivity index (χ4v) is 4.05. The molecule has 1 amide bonds. The standard InChI is InChI=1S/C22H27N5O2/c1-15-13-19(17(3)27(15)21-7-5-6-8-23-21)22(28)26-11-9-25(10-12-26)14-20-16(2)24-29-18(20)4/h5-8,13H,9-12,14H2,1-4H3. The molecule has 0 bridgehead atoms. The van der Waals surface area contributed by atoms with E-state index in [1.165, 1.54) is 0 Å². The van der Waals surface area contributed by atoms with Gasteiger partial charge in [-0.3, -0.25) is 9.69 Å². The summed E-state index contributed by atoms with van der Waals surface area (Å²) >= 11 is 0. The maximum atomic E-state index is 13.2. The van der Waals surface area contributed by atoms with Crippen LogP contribution in [0.2, 0.25) is 0 Å². The number of pyridine rings is 1.